The van der Waals surface area contributed by atoms with Crippen molar-refractivity contribution < 1.29 is 14.3 Å². The number of carbonyl (C=O) groups is 2. The number of nitriles is 1. The molecule has 4 rings (SSSR count). The van der Waals surface area contributed by atoms with Crippen LogP contribution in [0.3, 0.4) is 0 Å². The molecule has 2 saturated heterocycles. The highest BCUT2D eigenvalue weighted by molar-refractivity contribution is 5.86. The molecule has 7 heteroatoms. The molecule has 0 aromatic rings. The second-order valence-corrected chi connectivity index (χ2v) is 12.3. The first-order valence-electron chi connectivity index (χ1n) is 14.7. The first-order valence-corrected chi connectivity index (χ1v) is 14.7. The van der Waals surface area contributed by atoms with Crippen molar-refractivity contribution in [1.82, 2.24) is 15.1 Å². The Morgan fingerprint density at radius 2 is 1.81 bits per heavy atom. The van der Waals surface area contributed by atoms with Gasteiger partial charge in [0.2, 0.25) is 11.8 Å². The van der Waals surface area contributed by atoms with Crippen molar-refractivity contribution in [3.05, 3.63) is 0 Å². The lowest BCUT2D eigenvalue weighted by atomic mass is 9.66. The molecule has 36 heavy (non-hydrogen) atoms. The zero-order chi connectivity index (χ0) is 25.5. The van der Waals surface area contributed by atoms with E-state index in [0.29, 0.717) is 50.6 Å². The molecule has 4 atom stereocenters. The van der Waals surface area contributed by atoms with E-state index in [0.717, 1.165) is 51.6 Å². The summed E-state index contributed by atoms with van der Waals surface area (Å²) in [6.45, 7) is 8.67. The Balaban J connectivity index is 1.34. The van der Waals surface area contributed by atoms with E-state index in [9.17, 15) is 14.9 Å². The number of nitrogens with one attached hydrogen (secondary N) is 1. The topological polar surface area (TPSA) is 85.7 Å². The van der Waals surface area contributed by atoms with Crippen LogP contribution in [0.1, 0.15) is 90.9 Å². The van der Waals surface area contributed by atoms with Crippen molar-refractivity contribution in [3.63, 3.8) is 0 Å². The fourth-order valence-electron chi connectivity index (χ4n) is 7.16. The third-order valence-electron chi connectivity index (χ3n) is 9.67. The van der Waals surface area contributed by atoms with Gasteiger partial charge in [-0.1, -0.05) is 52.4 Å². The first-order chi connectivity index (χ1) is 17.4. The second kappa shape index (κ2) is 12.7. The molecular weight excluding hydrogens is 452 g/mol. The molecule has 0 aromatic carbocycles. The molecule has 2 aliphatic carbocycles. The van der Waals surface area contributed by atoms with Crippen LogP contribution in [0.2, 0.25) is 0 Å². The second-order valence-electron chi connectivity index (χ2n) is 12.3. The van der Waals surface area contributed by atoms with Crippen molar-refractivity contribution in [2.24, 2.45) is 23.2 Å². The molecule has 2 saturated carbocycles. The summed E-state index contributed by atoms with van der Waals surface area (Å²) in [7, 11) is 0. The molecule has 1 N–H and O–H groups in total. The summed E-state index contributed by atoms with van der Waals surface area (Å²) in [5.74, 6) is 0.869. The van der Waals surface area contributed by atoms with Gasteiger partial charge in [0.25, 0.3) is 0 Å². The largest absolute Gasteiger partial charge is 0.378 e. The van der Waals surface area contributed by atoms with Gasteiger partial charge >= 0.3 is 0 Å². The summed E-state index contributed by atoms with van der Waals surface area (Å²) in [6.07, 6.45) is 12.5. The van der Waals surface area contributed by atoms with Gasteiger partial charge < -0.3 is 15.0 Å². The van der Waals surface area contributed by atoms with Crippen LogP contribution in [0.5, 0.6) is 0 Å². The maximum absolute atomic E-state index is 13.5. The Bertz CT molecular complexity index is 784. The highest BCUT2D eigenvalue weighted by atomic mass is 16.5. The molecule has 7 nitrogen and oxygen atoms in total. The summed E-state index contributed by atoms with van der Waals surface area (Å²) >= 11 is 0. The molecule has 0 radical (unpaired) electrons. The van der Waals surface area contributed by atoms with E-state index in [4.69, 9.17) is 4.74 Å². The van der Waals surface area contributed by atoms with Gasteiger partial charge in [-0.15, -0.1) is 0 Å². The molecule has 4 fully saturated rings. The van der Waals surface area contributed by atoms with Gasteiger partial charge in [-0.25, -0.2) is 0 Å². The van der Waals surface area contributed by atoms with E-state index in [2.05, 4.69) is 30.1 Å². The van der Waals surface area contributed by atoms with Crippen LogP contribution in [-0.4, -0.2) is 73.1 Å². The van der Waals surface area contributed by atoms with Gasteiger partial charge in [0.1, 0.15) is 0 Å². The lowest BCUT2D eigenvalue weighted by Gasteiger charge is -2.42. The van der Waals surface area contributed by atoms with Crippen LogP contribution >= 0.6 is 0 Å². The third-order valence-corrected chi connectivity index (χ3v) is 9.67. The summed E-state index contributed by atoms with van der Waals surface area (Å²) in [6, 6.07) is 3.25. The van der Waals surface area contributed by atoms with E-state index in [1.807, 2.05) is 4.90 Å². The molecule has 0 bridgehead atoms. The summed E-state index contributed by atoms with van der Waals surface area (Å²) in [4.78, 5) is 31.0. The quantitative estimate of drug-likeness (QED) is 0.542. The summed E-state index contributed by atoms with van der Waals surface area (Å²) in [5, 5.41) is 13.3. The Kier molecular flexibility index (Phi) is 9.69. The molecule has 2 aliphatic heterocycles. The molecule has 2 unspecified atom stereocenters. The number of hydrogen-bond acceptors (Lipinski definition) is 5. The van der Waals surface area contributed by atoms with E-state index >= 15 is 0 Å². The minimum Gasteiger partial charge on any atom is -0.378 e. The molecule has 4 aliphatic rings. The Labute approximate surface area is 218 Å². The lowest BCUT2D eigenvalue weighted by molar-refractivity contribution is -0.140. The predicted octanol–water partition coefficient (Wildman–Crippen LogP) is 4.12. The number of ether oxygens (including phenoxy) is 1. The van der Waals surface area contributed by atoms with Gasteiger partial charge in [-0.2, -0.15) is 5.26 Å². The number of nitrogens with zero attached hydrogens (tertiary/aromatic N) is 3. The smallest absolute Gasteiger partial charge is 0.223 e. The highest BCUT2D eigenvalue weighted by Crippen LogP contribution is 2.44. The van der Waals surface area contributed by atoms with Crippen molar-refractivity contribution in [2.45, 2.75) is 103 Å². The fraction of sp³-hybridized carbons (Fsp3) is 0.897. The standard InChI is InChI=1S/C29H48N4O3/c1-22(2)29(21-30)11-6-9-26(19-29)33-12-10-25(20-33)31-28(35)24(17-23-7-4-3-5-8-23)18-27(34)32-13-15-36-16-14-32/h22-26H,3-20H2,1-2H3,(H,31,35)/t24-,25?,26?,29-/m1/s1. The highest BCUT2D eigenvalue weighted by Gasteiger charge is 2.42. The third kappa shape index (κ3) is 6.81. The van der Waals surface area contributed by atoms with E-state index in [1.54, 1.807) is 0 Å². The zero-order valence-corrected chi connectivity index (χ0v) is 22.7. The average Bonchev–Trinajstić information content (AvgIpc) is 3.37. The van der Waals surface area contributed by atoms with Crippen LogP contribution in [0.25, 0.3) is 0 Å². The lowest BCUT2D eigenvalue weighted by Crippen LogP contribution is -2.47. The average molecular weight is 501 g/mol. The van der Waals surface area contributed by atoms with Gasteiger partial charge in [-0.3, -0.25) is 14.5 Å². The van der Waals surface area contributed by atoms with Gasteiger partial charge in [-0.05, 0) is 43.9 Å². The van der Waals surface area contributed by atoms with Crippen LogP contribution < -0.4 is 5.32 Å². The molecule has 202 valence electrons. The van der Waals surface area contributed by atoms with Gasteiger partial charge in [0, 0.05) is 50.6 Å². The van der Waals surface area contributed by atoms with Crippen molar-refractivity contribution in [3.8, 4) is 6.07 Å². The SMILES string of the molecule is CC(C)[C@]1(C#N)CCCC(N2CCC(NC(=O)[C@@H](CC(=O)N3CCOCC3)CC3CCCCC3)C2)C1. The summed E-state index contributed by atoms with van der Waals surface area (Å²) in [5.41, 5.74) is -0.213. The van der Waals surface area contributed by atoms with Crippen LogP contribution in [-0.2, 0) is 14.3 Å². The zero-order valence-electron chi connectivity index (χ0n) is 22.7. The van der Waals surface area contributed by atoms with Crippen molar-refractivity contribution in [1.29, 1.82) is 5.26 Å². The minimum absolute atomic E-state index is 0.0752. The molecule has 2 amide bonds. The Morgan fingerprint density at radius 3 is 2.50 bits per heavy atom. The maximum Gasteiger partial charge on any atom is 0.223 e. The number of carbonyl (C=O) groups excluding carboxylic acids is 2. The van der Waals surface area contributed by atoms with Crippen LogP contribution in [0.4, 0.5) is 0 Å². The first kappa shape index (κ1) is 27.4. The maximum atomic E-state index is 13.5. The van der Waals surface area contributed by atoms with E-state index < -0.39 is 0 Å². The van der Waals surface area contributed by atoms with Gasteiger partial charge in [0.15, 0.2) is 0 Å². The van der Waals surface area contributed by atoms with Crippen molar-refractivity contribution in [2.75, 3.05) is 39.4 Å². The Hall–Kier alpha value is -1.65. The van der Waals surface area contributed by atoms with E-state index in [-0.39, 0.29) is 29.2 Å². The number of amides is 2. The number of rotatable bonds is 8. The molecule has 2 heterocycles. The molecule has 0 aromatic heterocycles. The number of hydrogen-bond donors (Lipinski definition) is 1. The molecular formula is C29H48N4O3. The normalized spacial score (nSPS) is 31.2. The van der Waals surface area contributed by atoms with Crippen LogP contribution in [0.15, 0.2) is 0 Å². The number of likely N-dealkylation sites (tertiary alicyclic amines) is 1. The number of morpholine rings is 1. The van der Waals surface area contributed by atoms with Crippen LogP contribution in [0, 0.1) is 34.5 Å². The van der Waals surface area contributed by atoms with Crippen molar-refractivity contribution >= 4 is 11.8 Å². The van der Waals surface area contributed by atoms with Gasteiger partial charge in [0.05, 0.1) is 24.7 Å². The predicted molar refractivity (Wildman–Crippen MR) is 140 cm³/mol. The summed E-state index contributed by atoms with van der Waals surface area (Å²) < 4.78 is 5.41. The minimum atomic E-state index is -0.237. The van der Waals surface area contributed by atoms with E-state index in [1.165, 1.54) is 32.1 Å². The Morgan fingerprint density at radius 1 is 1.06 bits per heavy atom. The fourth-order valence-corrected chi connectivity index (χ4v) is 7.16. The monoisotopic (exact) mass is 500 g/mol. The molecule has 0 spiro atoms.